The molecule has 0 saturated heterocycles. The van der Waals surface area contributed by atoms with Crippen LogP contribution in [0.15, 0.2) is 37.1 Å². The molecule has 0 fully saturated rings. The van der Waals surface area contributed by atoms with Crippen molar-refractivity contribution < 1.29 is 9.84 Å². The minimum Gasteiger partial charge on any atom is -0.508 e. The van der Waals surface area contributed by atoms with Crippen molar-refractivity contribution in [3.05, 3.63) is 42.7 Å². The van der Waals surface area contributed by atoms with Crippen molar-refractivity contribution >= 4 is 0 Å². The Balaban J connectivity index is 2.58. The van der Waals surface area contributed by atoms with E-state index in [4.69, 9.17) is 9.84 Å². The van der Waals surface area contributed by atoms with Crippen molar-refractivity contribution in [2.75, 3.05) is 0 Å². The summed E-state index contributed by atoms with van der Waals surface area (Å²) in [6.07, 6.45) is 1.40. The first-order valence-electron chi connectivity index (χ1n) is 3.33. The van der Waals surface area contributed by atoms with Crippen LogP contribution in [-0.2, 0) is 11.3 Å². The Morgan fingerprint density at radius 2 is 2.00 bits per heavy atom. The normalized spacial score (nSPS) is 9.09. The largest absolute Gasteiger partial charge is 0.508 e. The number of hydrogen-bond acceptors (Lipinski definition) is 2. The van der Waals surface area contributed by atoms with Gasteiger partial charge in [0.2, 0.25) is 0 Å². The summed E-state index contributed by atoms with van der Waals surface area (Å²) in [6, 6.07) is 6.86. The van der Waals surface area contributed by atoms with Crippen LogP contribution in [0.3, 0.4) is 0 Å². The van der Waals surface area contributed by atoms with Gasteiger partial charge in [0.15, 0.2) is 0 Å². The molecule has 0 bridgehead atoms. The van der Waals surface area contributed by atoms with Gasteiger partial charge in [-0.3, -0.25) is 0 Å². The van der Waals surface area contributed by atoms with Gasteiger partial charge in [0.25, 0.3) is 0 Å². The lowest BCUT2D eigenvalue weighted by molar-refractivity contribution is 0.237. The first kappa shape index (κ1) is 7.66. The Bertz CT molecular complexity index is 226. The Morgan fingerprint density at radius 1 is 1.36 bits per heavy atom. The van der Waals surface area contributed by atoms with Crippen molar-refractivity contribution in [3.8, 4) is 5.75 Å². The van der Waals surface area contributed by atoms with Gasteiger partial charge < -0.3 is 9.84 Å². The first-order valence-corrected chi connectivity index (χ1v) is 3.33. The van der Waals surface area contributed by atoms with Crippen molar-refractivity contribution in [3.63, 3.8) is 0 Å². The van der Waals surface area contributed by atoms with Crippen LogP contribution in [-0.4, -0.2) is 5.11 Å². The summed E-state index contributed by atoms with van der Waals surface area (Å²) in [5.41, 5.74) is 1.02. The standard InChI is InChI=1S/C9H10O2/c1-2-11-7-8-3-5-9(10)6-4-8/h2-6,10H,1,7H2. The third kappa shape index (κ3) is 2.34. The summed E-state index contributed by atoms with van der Waals surface area (Å²) in [4.78, 5) is 0. The fourth-order valence-electron chi connectivity index (χ4n) is 0.747. The summed E-state index contributed by atoms with van der Waals surface area (Å²) in [5, 5.41) is 8.92. The highest BCUT2D eigenvalue weighted by Gasteiger charge is 1.90. The van der Waals surface area contributed by atoms with E-state index in [0.29, 0.717) is 6.61 Å². The van der Waals surface area contributed by atoms with Gasteiger partial charge in [-0.1, -0.05) is 18.7 Å². The van der Waals surface area contributed by atoms with E-state index in [-0.39, 0.29) is 5.75 Å². The molecule has 1 N–H and O–H groups in total. The first-order chi connectivity index (χ1) is 5.33. The van der Waals surface area contributed by atoms with Crippen molar-refractivity contribution in [2.24, 2.45) is 0 Å². The summed E-state index contributed by atoms with van der Waals surface area (Å²) in [5.74, 6) is 0.271. The highest BCUT2D eigenvalue weighted by Crippen LogP contribution is 2.09. The zero-order valence-electron chi connectivity index (χ0n) is 6.16. The minimum atomic E-state index is 0.271. The molecular formula is C9H10O2. The molecule has 0 heterocycles. The molecule has 58 valence electrons. The zero-order valence-corrected chi connectivity index (χ0v) is 6.16. The van der Waals surface area contributed by atoms with Crippen LogP contribution >= 0.6 is 0 Å². The number of ether oxygens (including phenoxy) is 1. The highest BCUT2D eigenvalue weighted by atomic mass is 16.5. The average molecular weight is 150 g/mol. The molecule has 0 saturated carbocycles. The molecule has 0 aliphatic rings. The van der Waals surface area contributed by atoms with Gasteiger partial charge in [-0.25, -0.2) is 0 Å². The number of benzene rings is 1. The van der Waals surface area contributed by atoms with Gasteiger partial charge in [0.05, 0.1) is 6.26 Å². The maximum absolute atomic E-state index is 8.92. The van der Waals surface area contributed by atoms with Gasteiger partial charge >= 0.3 is 0 Å². The Hall–Kier alpha value is -1.44. The molecule has 0 unspecified atom stereocenters. The van der Waals surface area contributed by atoms with E-state index < -0.39 is 0 Å². The van der Waals surface area contributed by atoms with E-state index >= 15 is 0 Å². The van der Waals surface area contributed by atoms with Crippen molar-refractivity contribution in [1.82, 2.24) is 0 Å². The maximum atomic E-state index is 8.92. The maximum Gasteiger partial charge on any atom is 0.115 e. The van der Waals surface area contributed by atoms with E-state index in [1.807, 2.05) is 0 Å². The van der Waals surface area contributed by atoms with Crippen LogP contribution in [0.5, 0.6) is 5.75 Å². The number of phenols is 1. The number of aromatic hydroxyl groups is 1. The molecule has 2 heteroatoms. The number of phenolic OH excluding ortho intramolecular Hbond substituents is 1. The molecule has 11 heavy (non-hydrogen) atoms. The lowest BCUT2D eigenvalue weighted by Crippen LogP contribution is -1.84. The van der Waals surface area contributed by atoms with Crippen LogP contribution in [0.4, 0.5) is 0 Å². The SMILES string of the molecule is C=COCc1ccc(O)cc1. The van der Waals surface area contributed by atoms with Gasteiger partial charge in [0, 0.05) is 0 Å². The van der Waals surface area contributed by atoms with Crippen molar-refractivity contribution in [1.29, 1.82) is 0 Å². The predicted molar refractivity (Wildman–Crippen MR) is 43.1 cm³/mol. The third-order valence-electron chi connectivity index (χ3n) is 1.30. The van der Waals surface area contributed by atoms with Crippen molar-refractivity contribution in [2.45, 2.75) is 6.61 Å². The van der Waals surface area contributed by atoms with Crippen LogP contribution in [0.2, 0.25) is 0 Å². The van der Waals surface area contributed by atoms with E-state index in [2.05, 4.69) is 6.58 Å². The quantitative estimate of drug-likeness (QED) is 0.668. The van der Waals surface area contributed by atoms with Gasteiger partial charge in [-0.2, -0.15) is 0 Å². The third-order valence-corrected chi connectivity index (χ3v) is 1.30. The van der Waals surface area contributed by atoms with E-state index in [9.17, 15) is 0 Å². The lowest BCUT2D eigenvalue weighted by Gasteiger charge is -1.99. The van der Waals surface area contributed by atoms with E-state index in [1.54, 1.807) is 24.3 Å². The topological polar surface area (TPSA) is 29.5 Å². The second kappa shape index (κ2) is 3.66. The summed E-state index contributed by atoms with van der Waals surface area (Å²) >= 11 is 0. The predicted octanol–water partition coefficient (Wildman–Crippen LogP) is 2.05. The fourth-order valence-corrected chi connectivity index (χ4v) is 0.747. The molecule has 1 rings (SSSR count). The second-order valence-electron chi connectivity index (χ2n) is 2.14. The molecule has 0 spiro atoms. The molecular weight excluding hydrogens is 140 g/mol. The van der Waals surface area contributed by atoms with Crippen LogP contribution in [0.25, 0.3) is 0 Å². The molecule has 0 amide bonds. The molecule has 0 aromatic heterocycles. The molecule has 0 aliphatic carbocycles. The monoisotopic (exact) mass is 150 g/mol. The molecule has 1 aromatic carbocycles. The summed E-state index contributed by atoms with van der Waals surface area (Å²) < 4.78 is 4.94. The Morgan fingerprint density at radius 3 is 2.55 bits per heavy atom. The lowest BCUT2D eigenvalue weighted by atomic mass is 10.2. The molecule has 0 atom stereocenters. The number of hydrogen-bond donors (Lipinski definition) is 1. The van der Waals surface area contributed by atoms with Crippen LogP contribution < -0.4 is 0 Å². The fraction of sp³-hybridized carbons (Fsp3) is 0.111. The molecule has 2 nitrogen and oxygen atoms in total. The van der Waals surface area contributed by atoms with Crippen LogP contribution in [0.1, 0.15) is 5.56 Å². The Labute approximate surface area is 65.7 Å². The van der Waals surface area contributed by atoms with Crippen LogP contribution in [0, 0.1) is 0 Å². The average Bonchev–Trinajstić information content (AvgIpc) is 2.04. The molecule has 1 aromatic rings. The zero-order chi connectivity index (χ0) is 8.10. The van der Waals surface area contributed by atoms with Gasteiger partial charge in [-0.05, 0) is 17.7 Å². The van der Waals surface area contributed by atoms with E-state index in [1.165, 1.54) is 6.26 Å². The second-order valence-corrected chi connectivity index (χ2v) is 2.14. The molecule has 0 radical (unpaired) electrons. The Kier molecular flexibility index (Phi) is 2.55. The van der Waals surface area contributed by atoms with Gasteiger partial charge in [-0.15, -0.1) is 0 Å². The van der Waals surface area contributed by atoms with E-state index in [0.717, 1.165) is 5.56 Å². The minimum absolute atomic E-state index is 0.271. The summed E-state index contributed by atoms with van der Waals surface area (Å²) in [7, 11) is 0. The van der Waals surface area contributed by atoms with Gasteiger partial charge in [0.1, 0.15) is 12.4 Å². The summed E-state index contributed by atoms with van der Waals surface area (Å²) in [6.45, 7) is 3.93. The number of rotatable bonds is 3. The smallest absolute Gasteiger partial charge is 0.115 e. The highest BCUT2D eigenvalue weighted by molar-refractivity contribution is 5.25. The molecule has 0 aliphatic heterocycles.